The fourth-order valence-electron chi connectivity index (χ4n) is 3.96. The second-order valence-corrected chi connectivity index (χ2v) is 6.70. The molecule has 0 radical (unpaired) electrons. The Kier molecular flexibility index (Phi) is 4.44. The van der Waals surface area contributed by atoms with Crippen molar-refractivity contribution in [2.75, 3.05) is 26.2 Å². The van der Waals surface area contributed by atoms with Crippen LogP contribution in [0.4, 0.5) is 0 Å². The van der Waals surface area contributed by atoms with Crippen LogP contribution in [0, 0.1) is 5.41 Å². The molecule has 1 aromatic rings. The van der Waals surface area contributed by atoms with Gasteiger partial charge in [0.25, 0.3) is 5.91 Å². The standard InChI is InChI=1S/C17H22N2O2.ClH/c20-16(13-1-2-14-10-21-11-15(14)9-13)19-8-5-17(12-19)3-6-18-7-4-17;/h1-2,9,18H,3-8,10-12H2;1H. The maximum Gasteiger partial charge on any atom is 0.253 e. The van der Waals surface area contributed by atoms with Gasteiger partial charge in [0.05, 0.1) is 13.2 Å². The van der Waals surface area contributed by atoms with Gasteiger partial charge in [0, 0.05) is 18.7 Å². The molecule has 5 heteroatoms. The van der Waals surface area contributed by atoms with Crippen LogP contribution in [0.2, 0.25) is 0 Å². The summed E-state index contributed by atoms with van der Waals surface area (Å²) in [5.41, 5.74) is 3.60. The lowest BCUT2D eigenvalue weighted by Crippen LogP contribution is -2.39. The predicted molar refractivity (Wildman–Crippen MR) is 87.2 cm³/mol. The van der Waals surface area contributed by atoms with Gasteiger partial charge >= 0.3 is 0 Å². The highest BCUT2D eigenvalue weighted by atomic mass is 35.5. The average Bonchev–Trinajstić information content (AvgIpc) is 3.14. The van der Waals surface area contributed by atoms with Crippen LogP contribution >= 0.6 is 12.4 Å². The molecule has 0 aliphatic carbocycles. The molecule has 4 rings (SSSR count). The number of fused-ring (bicyclic) bond motifs is 1. The molecule has 22 heavy (non-hydrogen) atoms. The van der Waals surface area contributed by atoms with Crippen LogP contribution in [0.15, 0.2) is 18.2 Å². The molecule has 1 N–H and O–H groups in total. The van der Waals surface area contributed by atoms with E-state index in [9.17, 15) is 4.79 Å². The Labute approximate surface area is 137 Å². The third kappa shape index (κ3) is 2.75. The van der Waals surface area contributed by atoms with Gasteiger partial charge in [-0.1, -0.05) is 6.07 Å². The Bertz CT molecular complexity index is 570. The van der Waals surface area contributed by atoms with Gasteiger partial charge in [-0.15, -0.1) is 12.4 Å². The topological polar surface area (TPSA) is 41.6 Å². The number of benzene rings is 1. The molecule has 0 bridgehead atoms. The fourth-order valence-corrected chi connectivity index (χ4v) is 3.96. The molecule has 4 nitrogen and oxygen atoms in total. The number of hydrogen-bond acceptors (Lipinski definition) is 3. The highest BCUT2D eigenvalue weighted by molar-refractivity contribution is 5.94. The first-order valence-corrected chi connectivity index (χ1v) is 7.95. The second-order valence-electron chi connectivity index (χ2n) is 6.70. The quantitative estimate of drug-likeness (QED) is 0.863. The second kappa shape index (κ2) is 6.19. The normalized spacial score (nSPS) is 22.5. The van der Waals surface area contributed by atoms with E-state index in [-0.39, 0.29) is 18.3 Å². The third-order valence-corrected chi connectivity index (χ3v) is 5.36. The lowest BCUT2D eigenvalue weighted by atomic mass is 9.78. The smallest absolute Gasteiger partial charge is 0.253 e. The van der Waals surface area contributed by atoms with E-state index in [0.717, 1.165) is 38.2 Å². The van der Waals surface area contributed by atoms with Crippen LogP contribution in [0.5, 0.6) is 0 Å². The van der Waals surface area contributed by atoms with Gasteiger partial charge < -0.3 is 15.0 Å². The Morgan fingerprint density at radius 1 is 1.14 bits per heavy atom. The van der Waals surface area contributed by atoms with Crippen LogP contribution in [0.3, 0.4) is 0 Å². The summed E-state index contributed by atoms with van der Waals surface area (Å²) < 4.78 is 5.43. The van der Waals surface area contributed by atoms with Crippen molar-refractivity contribution in [3.05, 3.63) is 34.9 Å². The lowest BCUT2D eigenvalue weighted by Gasteiger charge is -2.33. The summed E-state index contributed by atoms with van der Waals surface area (Å²) in [6, 6.07) is 6.04. The molecule has 1 spiro atoms. The Hall–Kier alpha value is -1.10. The number of likely N-dealkylation sites (tertiary alicyclic amines) is 1. The van der Waals surface area contributed by atoms with Gasteiger partial charge in [-0.25, -0.2) is 0 Å². The van der Waals surface area contributed by atoms with Gasteiger partial charge in [0.2, 0.25) is 0 Å². The van der Waals surface area contributed by atoms with Crippen molar-refractivity contribution < 1.29 is 9.53 Å². The summed E-state index contributed by atoms with van der Waals surface area (Å²) in [4.78, 5) is 14.8. The van der Waals surface area contributed by atoms with Crippen molar-refractivity contribution in [1.29, 1.82) is 0 Å². The van der Waals surface area contributed by atoms with Crippen LogP contribution in [-0.2, 0) is 18.0 Å². The molecule has 0 saturated carbocycles. The number of ether oxygens (including phenoxy) is 1. The number of nitrogens with zero attached hydrogens (tertiary/aromatic N) is 1. The van der Waals surface area contributed by atoms with Crippen molar-refractivity contribution in [3.8, 4) is 0 Å². The summed E-state index contributed by atoms with van der Waals surface area (Å²) in [7, 11) is 0. The predicted octanol–water partition coefficient (Wildman–Crippen LogP) is 2.35. The van der Waals surface area contributed by atoms with Gasteiger partial charge in [-0.2, -0.15) is 0 Å². The van der Waals surface area contributed by atoms with E-state index >= 15 is 0 Å². The van der Waals surface area contributed by atoms with E-state index in [0.29, 0.717) is 18.6 Å². The van der Waals surface area contributed by atoms with Gasteiger partial charge in [0.15, 0.2) is 0 Å². The molecule has 3 aliphatic rings. The first kappa shape index (κ1) is 15.8. The SMILES string of the molecule is Cl.O=C(c1ccc2c(c1)COC2)N1CCC2(CCNCC2)C1. The van der Waals surface area contributed by atoms with Crippen LogP contribution < -0.4 is 5.32 Å². The van der Waals surface area contributed by atoms with Crippen molar-refractivity contribution in [1.82, 2.24) is 10.2 Å². The first-order chi connectivity index (χ1) is 10.3. The number of rotatable bonds is 1. The summed E-state index contributed by atoms with van der Waals surface area (Å²) in [6.07, 6.45) is 3.57. The van der Waals surface area contributed by atoms with Crippen molar-refractivity contribution >= 4 is 18.3 Å². The molecule has 2 fully saturated rings. The molecule has 120 valence electrons. The maximum atomic E-state index is 12.7. The zero-order valence-electron chi connectivity index (χ0n) is 12.8. The van der Waals surface area contributed by atoms with Gasteiger partial charge in [-0.05, 0) is 61.0 Å². The highest BCUT2D eigenvalue weighted by Gasteiger charge is 2.40. The average molecular weight is 323 g/mol. The summed E-state index contributed by atoms with van der Waals surface area (Å²) in [5.74, 6) is 0.195. The molecule has 0 aromatic heterocycles. The minimum atomic E-state index is 0. The number of nitrogens with one attached hydrogen (secondary N) is 1. The number of carbonyl (C=O) groups excluding carboxylic acids is 1. The minimum Gasteiger partial charge on any atom is -0.372 e. The van der Waals surface area contributed by atoms with E-state index < -0.39 is 0 Å². The zero-order chi connectivity index (χ0) is 14.3. The van der Waals surface area contributed by atoms with Crippen LogP contribution in [-0.4, -0.2) is 37.0 Å². The third-order valence-electron chi connectivity index (χ3n) is 5.36. The Morgan fingerprint density at radius 2 is 1.91 bits per heavy atom. The summed E-state index contributed by atoms with van der Waals surface area (Å²) in [5, 5.41) is 3.42. The maximum absolute atomic E-state index is 12.7. The van der Waals surface area contributed by atoms with Crippen molar-refractivity contribution in [2.24, 2.45) is 5.41 Å². The number of amides is 1. The number of hydrogen-bond donors (Lipinski definition) is 1. The lowest BCUT2D eigenvalue weighted by molar-refractivity contribution is 0.0761. The molecular weight excluding hydrogens is 300 g/mol. The molecule has 1 amide bonds. The van der Waals surface area contributed by atoms with E-state index in [1.807, 2.05) is 18.2 Å². The summed E-state index contributed by atoms with van der Waals surface area (Å²) >= 11 is 0. The van der Waals surface area contributed by atoms with Crippen molar-refractivity contribution in [3.63, 3.8) is 0 Å². The van der Waals surface area contributed by atoms with E-state index in [1.165, 1.54) is 24.0 Å². The fraction of sp³-hybridized carbons (Fsp3) is 0.588. The van der Waals surface area contributed by atoms with E-state index in [2.05, 4.69) is 10.2 Å². The molecule has 0 atom stereocenters. The summed E-state index contributed by atoms with van der Waals surface area (Å²) in [6.45, 7) is 5.36. The van der Waals surface area contributed by atoms with Crippen molar-refractivity contribution in [2.45, 2.75) is 32.5 Å². The first-order valence-electron chi connectivity index (χ1n) is 7.95. The van der Waals surface area contributed by atoms with Gasteiger partial charge in [-0.3, -0.25) is 4.79 Å². The Balaban J connectivity index is 0.00000144. The van der Waals surface area contributed by atoms with E-state index in [1.54, 1.807) is 0 Å². The number of halogens is 1. The van der Waals surface area contributed by atoms with Crippen LogP contribution in [0.1, 0.15) is 40.7 Å². The van der Waals surface area contributed by atoms with E-state index in [4.69, 9.17) is 4.74 Å². The minimum absolute atomic E-state index is 0. The molecule has 3 heterocycles. The molecule has 0 unspecified atom stereocenters. The zero-order valence-corrected chi connectivity index (χ0v) is 13.6. The Morgan fingerprint density at radius 3 is 2.73 bits per heavy atom. The molecular formula is C17H23ClN2O2. The molecule has 1 aromatic carbocycles. The monoisotopic (exact) mass is 322 g/mol. The molecule has 2 saturated heterocycles. The number of carbonyl (C=O) groups is 1. The largest absolute Gasteiger partial charge is 0.372 e. The molecule has 3 aliphatic heterocycles. The number of piperidine rings is 1. The van der Waals surface area contributed by atoms with Gasteiger partial charge in [0.1, 0.15) is 0 Å². The van der Waals surface area contributed by atoms with Crippen LogP contribution in [0.25, 0.3) is 0 Å². The highest BCUT2D eigenvalue weighted by Crippen LogP contribution is 2.39.